The van der Waals surface area contributed by atoms with Crippen molar-refractivity contribution in [2.75, 3.05) is 24.5 Å². The number of alkyl halides is 3. The summed E-state index contributed by atoms with van der Waals surface area (Å²) in [6, 6.07) is 10.4. The van der Waals surface area contributed by atoms with E-state index in [2.05, 4.69) is 41.1 Å². The molecular formula is C16H19F3N2O3. The molecule has 1 aromatic rings. The monoisotopic (exact) mass is 344 g/mol. The third-order valence-corrected chi connectivity index (χ3v) is 3.40. The van der Waals surface area contributed by atoms with Crippen molar-refractivity contribution in [2.45, 2.75) is 12.6 Å². The van der Waals surface area contributed by atoms with Crippen molar-refractivity contribution in [3.63, 3.8) is 0 Å². The zero-order valence-corrected chi connectivity index (χ0v) is 12.9. The standard InChI is InChI=1S/C14H18N2O.C2HF3O2/c1-2-14(17)15-10-12-8-9-16(11-12)13-6-4-3-5-7-13;3-2(4,5)1(6)7/h2-7,12H,1,8-11H2,(H,15,17);(H,6,7). The van der Waals surface area contributed by atoms with Crippen molar-refractivity contribution >= 4 is 17.6 Å². The largest absolute Gasteiger partial charge is 0.490 e. The molecule has 8 heteroatoms. The van der Waals surface area contributed by atoms with Gasteiger partial charge in [-0.2, -0.15) is 13.2 Å². The summed E-state index contributed by atoms with van der Waals surface area (Å²) < 4.78 is 31.7. The quantitative estimate of drug-likeness (QED) is 0.823. The smallest absolute Gasteiger partial charge is 0.475 e. The highest BCUT2D eigenvalue weighted by molar-refractivity contribution is 5.86. The molecule has 0 aromatic heterocycles. The number of para-hydroxylation sites is 1. The number of nitrogens with one attached hydrogen (secondary N) is 1. The average molecular weight is 344 g/mol. The second-order valence-electron chi connectivity index (χ2n) is 5.19. The van der Waals surface area contributed by atoms with Crippen LogP contribution >= 0.6 is 0 Å². The molecule has 1 aromatic carbocycles. The number of hydrogen-bond acceptors (Lipinski definition) is 3. The van der Waals surface area contributed by atoms with Gasteiger partial charge in [-0.3, -0.25) is 4.79 Å². The van der Waals surface area contributed by atoms with Gasteiger partial charge in [-0.05, 0) is 30.5 Å². The Hall–Kier alpha value is -2.51. The topological polar surface area (TPSA) is 69.6 Å². The summed E-state index contributed by atoms with van der Waals surface area (Å²) in [5.41, 5.74) is 1.27. The van der Waals surface area contributed by atoms with Crippen molar-refractivity contribution in [3.05, 3.63) is 43.0 Å². The molecule has 1 amide bonds. The van der Waals surface area contributed by atoms with Gasteiger partial charge in [-0.1, -0.05) is 24.8 Å². The Kier molecular flexibility index (Phi) is 7.29. The van der Waals surface area contributed by atoms with E-state index in [-0.39, 0.29) is 5.91 Å². The maximum atomic E-state index is 11.1. The van der Waals surface area contributed by atoms with E-state index in [0.29, 0.717) is 5.92 Å². The summed E-state index contributed by atoms with van der Waals surface area (Å²) in [5.74, 6) is -2.30. The van der Waals surface area contributed by atoms with E-state index in [1.54, 1.807) is 0 Å². The third kappa shape index (κ3) is 6.72. The molecule has 1 unspecified atom stereocenters. The molecule has 0 saturated carbocycles. The van der Waals surface area contributed by atoms with Crippen LogP contribution in [-0.2, 0) is 9.59 Å². The van der Waals surface area contributed by atoms with Crippen LogP contribution in [0.25, 0.3) is 0 Å². The summed E-state index contributed by atoms with van der Waals surface area (Å²) in [5, 5.41) is 9.99. The van der Waals surface area contributed by atoms with Crippen LogP contribution in [-0.4, -0.2) is 42.8 Å². The summed E-state index contributed by atoms with van der Waals surface area (Å²) in [4.78, 5) is 22.3. The number of halogens is 3. The van der Waals surface area contributed by atoms with Crippen molar-refractivity contribution < 1.29 is 27.9 Å². The molecule has 1 atom stereocenters. The Bertz CT molecular complexity index is 561. The Labute approximate surface area is 137 Å². The Balaban J connectivity index is 0.000000351. The molecule has 0 aliphatic carbocycles. The maximum Gasteiger partial charge on any atom is 0.490 e. The Morgan fingerprint density at radius 2 is 1.92 bits per heavy atom. The van der Waals surface area contributed by atoms with Crippen LogP contribution < -0.4 is 10.2 Å². The summed E-state index contributed by atoms with van der Waals surface area (Å²) >= 11 is 0. The Morgan fingerprint density at radius 3 is 2.42 bits per heavy atom. The van der Waals surface area contributed by atoms with Crippen molar-refractivity contribution in [3.8, 4) is 0 Å². The first-order valence-electron chi connectivity index (χ1n) is 7.24. The third-order valence-electron chi connectivity index (χ3n) is 3.40. The molecule has 0 radical (unpaired) electrons. The number of rotatable bonds is 4. The molecule has 0 spiro atoms. The van der Waals surface area contributed by atoms with Gasteiger partial charge < -0.3 is 15.3 Å². The highest BCUT2D eigenvalue weighted by Gasteiger charge is 2.38. The molecule has 2 N–H and O–H groups in total. The molecule has 132 valence electrons. The van der Waals surface area contributed by atoms with Crippen LogP contribution in [0.15, 0.2) is 43.0 Å². The lowest BCUT2D eigenvalue weighted by Gasteiger charge is -2.18. The van der Waals surface area contributed by atoms with Crippen molar-refractivity contribution in [1.82, 2.24) is 5.32 Å². The second-order valence-corrected chi connectivity index (χ2v) is 5.19. The number of amides is 1. The minimum atomic E-state index is -5.08. The van der Waals surface area contributed by atoms with E-state index in [9.17, 15) is 18.0 Å². The zero-order valence-electron chi connectivity index (χ0n) is 12.9. The van der Waals surface area contributed by atoms with Gasteiger partial charge in [0.25, 0.3) is 0 Å². The van der Waals surface area contributed by atoms with Crippen LogP contribution in [0.4, 0.5) is 18.9 Å². The fraction of sp³-hybridized carbons (Fsp3) is 0.375. The minimum absolute atomic E-state index is 0.0804. The molecule has 2 rings (SSSR count). The van der Waals surface area contributed by atoms with Gasteiger partial charge in [-0.15, -0.1) is 0 Å². The number of aliphatic carboxylic acids is 1. The number of nitrogens with zero attached hydrogens (tertiary/aromatic N) is 1. The van der Waals surface area contributed by atoms with Crippen LogP contribution in [0.3, 0.4) is 0 Å². The molecule has 1 aliphatic heterocycles. The van der Waals surface area contributed by atoms with Crippen LogP contribution in [0.1, 0.15) is 6.42 Å². The first kappa shape index (κ1) is 19.5. The number of carbonyl (C=O) groups excluding carboxylic acids is 1. The van der Waals surface area contributed by atoms with Crippen molar-refractivity contribution in [1.29, 1.82) is 0 Å². The molecule has 1 heterocycles. The highest BCUT2D eigenvalue weighted by atomic mass is 19.4. The number of hydrogen-bond donors (Lipinski definition) is 2. The number of carboxylic acids is 1. The number of anilines is 1. The van der Waals surface area contributed by atoms with Crippen LogP contribution in [0.5, 0.6) is 0 Å². The van der Waals surface area contributed by atoms with Gasteiger partial charge in [0.2, 0.25) is 5.91 Å². The molecule has 24 heavy (non-hydrogen) atoms. The number of benzene rings is 1. The fourth-order valence-electron chi connectivity index (χ4n) is 2.19. The van der Waals surface area contributed by atoms with E-state index >= 15 is 0 Å². The lowest BCUT2D eigenvalue weighted by atomic mass is 10.1. The molecule has 0 bridgehead atoms. The lowest BCUT2D eigenvalue weighted by Crippen LogP contribution is -2.29. The van der Waals surface area contributed by atoms with Gasteiger partial charge in [0.1, 0.15) is 0 Å². The second kappa shape index (κ2) is 8.95. The van der Waals surface area contributed by atoms with Gasteiger partial charge in [0.15, 0.2) is 0 Å². The number of carbonyl (C=O) groups is 2. The molecule has 1 aliphatic rings. The highest BCUT2D eigenvalue weighted by Crippen LogP contribution is 2.22. The van der Waals surface area contributed by atoms with Gasteiger partial charge in [0.05, 0.1) is 0 Å². The Morgan fingerprint density at radius 1 is 1.33 bits per heavy atom. The molecule has 1 saturated heterocycles. The predicted octanol–water partition coefficient (Wildman–Crippen LogP) is 2.45. The first-order chi connectivity index (χ1) is 11.2. The van der Waals surface area contributed by atoms with E-state index < -0.39 is 12.1 Å². The summed E-state index contributed by atoms with van der Waals surface area (Å²) in [6.45, 7) is 6.27. The molecular weight excluding hydrogens is 325 g/mol. The fourth-order valence-corrected chi connectivity index (χ4v) is 2.19. The van der Waals surface area contributed by atoms with Gasteiger partial charge >= 0.3 is 12.1 Å². The van der Waals surface area contributed by atoms with Gasteiger partial charge in [-0.25, -0.2) is 4.79 Å². The normalized spacial score (nSPS) is 16.8. The molecule has 1 fully saturated rings. The van der Waals surface area contributed by atoms with Crippen LogP contribution in [0.2, 0.25) is 0 Å². The maximum absolute atomic E-state index is 11.1. The zero-order chi connectivity index (χ0) is 18.2. The van der Waals surface area contributed by atoms with E-state index in [1.807, 2.05) is 6.07 Å². The van der Waals surface area contributed by atoms with E-state index in [4.69, 9.17) is 9.90 Å². The first-order valence-corrected chi connectivity index (χ1v) is 7.24. The minimum Gasteiger partial charge on any atom is -0.475 e. The van der Waals surface area contributed by atoms with Crippen LogP contribution in [0, 0.1) is 5.92 Å². The predicted molar refractivity (Wildman–Crippen MR) is 83.7 cm³/mol. The lowest BCUT2D eigenvalue weighted by molar-refractivity contribution is -0.192. The summed E-state index contributed by atoms with van der Waals surface area (Å²) in [7, 11) is 0. The van der Waals surface area contributed by atoms with E-state index in [0.717, 1.165) is 26.1 Å². The SMILES string of the molecule is C=CC(=O)NCC1CCN(c2ccccc2)C1.O=C(O)C(F)(F)F. The van der Waals surface area contributed by atoms with Crippen molar-refractivity contribution in [2.24, 2.45) is 5.92 Å². The number of carboxylic acid groups (broad SMARTS) is 1. The average Bonchev–Trinajstić information content (AvgIpc) is 3.02. The summed E-state index contributed by atoms with van der Waals surface area (Å²) in [6.07, 6.45) is -2.63. The van der Waals surface area contributed by atoms with E-state index in [1.165, 1.54) is 11.8 Å². The molecule has 5 nitrogen and oxygen atoms in total. The van der Waals surface area contributed by atoms with Gasteiger partial charge in [0, 0.05) is 25.3 Å².